The highest BCUT2D eigenvalue weighted by Gasteiger charge is 2.51. The zero-order valence-electron chi connectivity index (χ0n) is 36.4. The van der Waals surface area contributed by atoms with Crippen molar-refractivity contribution < 1.29 is 24.2 Å². The Morgan fingerprint density at radius 3 is 1.84 bits per heavy atom. The summed E-state index contributed by atoms with van der Waals surface area (Å²) in [5, 5.41) is 9.17. The molecule has 0 aliphatic heterocycles. The van der Waals surface area contributed by atoms with E-state index in [0.717, 1.165) is 82.0 Å². The summed E-state index contributed by atoms with van der Waals surface area (Å²) in [6, 6.07) is 0. The first kappa shape index (κ1) is 48.0. The van der Waals surface area contributed by atoms with Gasteiger partial charge >= 0.3 is 11.9 Å². The smallest absolute Gasteiger partial charge is 0.306 e. The molecule has 1 unspecified atom stereocenters. The van der Waals surface area contributed by atoms with Gasteiger partial charge in [0.15, 0.2) is 0 Å². The molecule has 324 valence electrons. The summed E-state index contributed by atoms with van der Waals surface area (Å²) < 4.78 is 12.6. The molecule has 0 heterocycles. The second kappa shape index (κ2) is 28.0. The van der Waals surface area contributed by atoms with Crippen molar-refractivity contribution >= 4 is 35.5 Å². The number of carbonyl (C=O) groups is 2. The van der Waals surface area contributed by atoms with Gasteiger partial charge in [-0.25, -0.2) is 0 Å². The third kappa shape index (κ3) is 18.7. The van der Waals surface area contributed by atoms with Gasteiger partial charge in [0, 0.05) is 13.0 Å². The minimum atomic E-state index is -0.0391. The Morgan fingerprint density at radius 1 is 0.714 bits per heavy atom. The molecule has 0 saturated heterocycles. The summed E-state index contributed by atoms with van der Waals surface area (Å²) in [5.41, 5.74) is 1.81. The summed E-state index contributed by atoms with van der Waals surface area (Å²) in [4.78, 5) is 26.6. The molecule has 4 saturated carbocycles. The van der Waals surface area contributed by atoms with E-state index in [2.05, 4.69) is 43.4 Å². The molecule has 0 aromatic heterocycles. The molecule has 4 bridgehead atoms. The molecule has 5 nitrogen and oxygen atoms in total. The zero-order valence-corrected chi connectivity index (χ0v) is 38.1. The number of rotatable bonds is 33. The average Bonchev–Trinajstić information content (AvgIpc) is 3.37. The molecule has 4 fully saturated rings. The lowest BCUT2D eigenvalue weighted by Crippen LogP contribution is -2.47. The minimum absolute atomic E-state index is 0.0267. The lowest BCUT2D eigenvalue weighted by atomic mass is 9.49. The highest BCUT2D eigenvalue weighted by molar-refractivity contribution is 8.17. The number of aliphatic hydroxyl groups excluding tert-OH is 1. The van der Waals surface area contributed by atoms with Gasteiger partial charge in [0.1, 0.15) is 0 Å². The molecule has 0 aromatic rings. The van der Waals surface area contributed by atoms with E-state index in [-0.39, 0.29) is 22.8 Å². The quantitative estimate of drug-likeness (QED) is 0.0306. The summed E-state index contributed by atoms with van der Waals surface area (Å²) >= 11 is 4.16. The van der Waals surface area contributed by atoms with E-state index in [0.29, 0.717) is 37.2 Å². The van der Waals surface area contributed by atoms with E-state index in [1.807, 2.05) is 0 Å². The zero-order chi connectivity index (χ0) is 39.7. The van der Waals surface area contributed by atoms with Crippen LogP contribution in [0.4, 0.5) is 0 Å². The number of carbonyl (C=O) groups excluding carboxylic acids is 2. The number of hydrogen-bond acceptors (Lipinski definition) is 7. The number of hydrogen-bond donors (Lipinski definition) is 1. The van der Waals surface area contributed by atoms with Crippen LogP contribution in [0.2, 0.25) is 0 Å². The van der Waals surface area contributed by atoms with Gasteiger partial charge in [-0.1, -0.05) is 103 Å². The summed E-state index contributed by atoms with van der Waals surface area (Å²) in [6.45, 7) is 5.81. The molecule has 5 rings (SSSR count). The Morgan fingerprint density at radius 2 is 1.25 bits per heavy atom. The molecule has 0 radical (unpaired) electrons. The Kier molecular flexibility index (Phi) is 24.0. The van der Waals surface area contributed by atoms with Crippen LogP contribution < -0.4 is 0 Å². The van der Waals surface area contributed by atoms with Crippen LogP contribution in [0, 0.1) is 28.6 Å². The summed E-state index contributed by atoms with van der Waals surface area (Å²) in [6.07, 6.45) is 39.9. The maximum absolute atomic E-state index is 13.4. The molecular weight excluding hydrogens is 733 g/mol. The number of ether oxygens (including phenoxy) is 2. The summed E-state index contributed by atoms with van der Waals surface area (Å²) in [7, 11) is 0. The van der Waals surface area contributed by atoms with Crippen molar-refractivity contribution in [1.29, 1.82) is 0 Å². The number of thioether (sulfide) groups is 2. The number of esters is 2. The number of unbranched alkanes of at least 4 members (excludes halogenated alkanes) is 13. The topological polar surface area (TPSA) is 72.8 Å². The van der Waals surface area contributed by atoms with Crippen LogP contribution in [-0.2, 0) is 19.1 Å². The van der Waals surface area contributed by atoms with Crippen LogP contribution >= 0.6 is 23.5 Å². The molecule has 0 aromatic carbocycles. The molecule has 5 aliphatic carbocycles. The maximum Gasteiger partial charge on any atom is 0.306 e. The third-order valence-corrected chi connectivity index (χ3v) is 17.2. The van der Waals surface area contributed by atoms with E-state index in [1.165, 1.54) is 140 Å². The monoisotopic (exact) mass is 819 g/mol. The van der Waals surface area contributed by atoms with Crippen molar-refractivity contribution in [2.75, 3.05) is 31.3 Å². The SMILES string of the molecule is CCCCCCCCSC(CCC(=O)OCCC1(CCOC(=O)CC23CC4CC(CC(C4)C2)C3)CCC=C(CCCCCCO)CC1)SCCCCCCCC. The fraction of sp³-hybridized carbons (Fsp3) is 0.918. The fourth-order valence-electron chi connectivity index (χ4n) is 11.2. The largest absolute Gasteiger partial charge is 0.466 e. The van der Waals surface area contributed by atoms with Crippen LogP contribution in [0.3, 0.4) is 0 Å². The van der Waals surface area contributed by atoms with Crippen molar-refractivity contribution in [2.45, 2.75) is 224 Å². The van der Waals surface area contributed by atoms with Crippen molar-refractivity contribution in [3.63, 3.8) is 0 Å². The van der Waals surface area contributed by atoms with Crippen molar-refractivity contribution in [2.24, 2.45) is 28.6 Å². The van der Waals surface area contributed by atoms with E-state index >= 15 is 0 Å². The first-order valence-electron chi connectivity index (χ1n) is 24.2. The first-order chi connectivity index (χ1) is 27.4. The number of allylic oxidation sites excluding steroid dienone is 2. The average molecular weight is 819 g/mol. The predicted molar refractivity (Wildman–Crippen MR) is 240 cm³/mol. The number of aliphatic hydroxyl groups is 1. The predicted octanol–water partition coefficient (Wildman–Crippen LogP) is 14.2. The standard InChI is InChI=1S/C49H86O5S2/c1-3-5-7-9-13-17-32-55-47(56-33-18-14-10-8-6-4-2)23-22-45(51)53-30-27-48(25-19-21-41(24-26-48)20-15-11-12-16-29-50)28-31-54-46(52)40-49-37-42-34-43(38-49)36-44(35-42)39-49/h21,42-44,47,50H,3-20,22-40H2,1-2H3. The van der Waals surface area contributed by atoms with Gasteiger partial charge in [-0.3, -0.25) is 9.59 Å². The van der Waals surface area contributed by atoms with Gasteiger partial charge in [-0.2, -0.15) is 0 Å². The Balaban J connectivity index is 1.23. The van der Waals surface area contributed by atoms with Crippen LogP contribution in [0.25, 0.3) is 0 Å². The van der Waals surface area contributed by atoms with Crippen LogP contribution in [0.15, 0.2) is 11.6 Å². The van der Waals surface area contributed by atoms with Crippen molar-refractivity contribution in [1.82, 2.24) is 0 Å². The third-order valence-electron chi connectivity index (χ3n) is 14.2. The van der Waals surface area contributed by atoms with E-state index in [9.17, 15) is 9.59 Å². The Bertz CT molecular complexity index is 1050. The van der Waals surface area contributed by atoms with Crippen molar-refractivity contribution in [3.05, 3.63) is 11.6 Å². The van der Waals surface area contributed by atoms with Crippen LogP contribution in [0.5, 0.6) is 0 Å². The van der Waals surface area contributed by atoms with Gasteiger partial charge in [0.05, 0.1) is 24.2 Å². The molecule has 5 aliphatic rings. The Labute approximate surface area is 353 Å². The second-order valence-electron chi connectivity index (χ2n) is 19.1. The van der Waals surface area contributed by atoms with Crippen LogP contribution in [0.1, 0.15) is 219 Å². The van der Waals surface area contributed by atoms with Gasteiger partial charge < -0.3 is 14.6 Å². The highest BCUT2D eigenvalue weighted by Crippen LogP contribution is 2.61. The van der Waals surface area contributed by atoms with Gasteiger partial charge in [-0.15, -0.1) is 23.5 Å². The van der Waals surface area contributed by atoms with E-state index < -0.39 is 0 Å². The molecule has 56 heavy (non-hydrogen) atoms. The minimum Gasteiger partial charge on any atom is -0.466 e. The molecule has 1 atom stereocenters. The highest BCUT2D eigenvalue weighted by atomic mass is 32.2. The molecule has 7 heteroatoms. The molecular formula is C49H86O5S2. The molecule has 1 N–H and O–H groups in total. The Hall–Kier alpha value is -0.660. The van der Waals surface area contributed by atoms with E-state index in [4.69, 9.17) is 14.6 Å². The van der Waals surface area contributed by atoms with Crippen LogP contribution in [-0.4, -0.2) is 53.0 Å². The normalized spacial score (nSPS) is 25.7. The fourth-order valence-corrected chi connectivity index (χ4v) is 14.0. The van der Waals surface area contributed by atoms with Gasteiger partial charge in [0.2, 0.25) is 0 Å². The van der Waals surface area contributed by atoms with E-state index in [1.54, 1.807) is 5.57 Å². The first-order valence-corrected chi connectivity index (χ1v) is 26.3. The van der Waals surface area contributed by atoms with Gasteiger partial charge in [-0.05, 0) is 156 Å². The molecule has 0 spiro atoms. The van der Waals surface area contributed by atoms with Gasteiger partial charge in [0.25, 0.3) is 0 Å². The van der Waals surface area contributed by atoms with Crippen molar-refractivity contribution in [3.8, 4) is 0 Å². The molecule has 0 amide bonds. The maximum atomic E-state index is 13.4. The second-order valence-corrected chi connectivity index (χ2v) is 22.0. The summed E-state index contributed by atoms with van der Waals surface area (Å²) in [5.74, 6) is 4.93. The lowest BCUT2D eigenvalue weighted by molar-refractivity contribution is -0.152. The lowest BCUT2D eigenvalue weighted by Gasteiger charge is -2.56.